The number of nitrogens with one attached hydrogen (secondary N) is 1. The molecule has 1 saturated heterocycles. The number of H-pyrrole nitrogens is 1. The summed E-state index contributed by atoms with van der Waals surface area (Å²) in [5, 5.41) is 25.4. The van der Waals surface area contributed by atoms with Gasteiger partial charge >= 0.3 is 0 Å². The van der Waals surface area contributed by atoms with Crippen LogP contribution in [0.5, 0.6) is 0 Å². The number of rotatable bonds is 0. The zero-order valence-electron chi connectivity index (χ0n) is 19.6. The minimum absolute atomic E-state index is 0.187. The van der Waals surface area contributed by atoms with Crippen LogP contribution in [-0.4, -0.2) is 50.2 Å². The topological polar surface area (TPSA) is 91.8 Å². The first-order valence-electron chi connectivity index (χ1n) is 12.1. The molecule has 0 radical (unpaired) electrons. The van der Waals surface area contributed by atoms with E-state index >= 15 is 0 Å². The summed E-state index contributed by atoms with van der Waals surface area (Å²) in [6.45, 7) is 8.05. The molecule has 1 unspecified atom stereocenters. The lowest BCUT2D eigenvalue weighted by Gasteiger charge is -2.66. The molecule has 1 aromatic heterocycles. The molecule has 1 spiro atoms. The van der Waals surface area contributed by atoms with Gasteiger partial charge in [-0.2, -0.15) is 0 Å². The fourth-order valence-electron chi connectivity index (χ4n) is 8.43. The van der Waals surface area contributed by atoms with Crippen LogP contribution in [0.3, 0.4) is 0 Å². The first-order chi connectivity index (χ1) is 15.5. The van der Waals surface area contributed by atoms with Crippen molar-refractivity contribution >= 4 is 16.7 Å². The average Bonchev–Trinajstić information content (AvgIpc) is 3.34. The van der Waals surface area contributed by atoms with Gasteiger partial charge in [-0.15, -0.1) is 0 Å². The maximum Gasteiger partial charge on any atom is 0.195 e. The second-order valence-corrected chi connectivity index (χ2v) is 11.9. The summed E-state index contributed by atoms with van der Waals surface area (Å²) in [6, 6.07) is 8.34. The van der Waals surface area contributed by atoms with Crippen LogP contribution in [0.2, 0.25) is 0 Å². The van der Waals surface area contributed by atoms with Gasteiger partial charge in [-0.05, 0) is 56.7 Å². The van der Waals surface area contributed by atoms with E-state index in [1.165, 1.54) is 17.0 Å². The second kappa shape index (κ2) is 5.62. The van der Waals surface area contributed by atoms with Crippen LogP contribution >= 0.6 is 0 Å². The van der Waals surface area contributed by atoms with Gasteiger partial charge in [-0.1, -0.05) is 32.0 Å². The first-order valence-corrected chi connectivity index (χ1v) is 12.1. The van der Waals surface area contributed by atoms with Crippen molar-refractivity contribution in [2.75, 3.05) is 0 Å². The standard InChI is InChI=1S/C27H31NO5/c1-23(2)22-18(29)13-19-26(32-22,33-23)10-9-24(3)25(4)14(12-20(30)27(19,24)31)11-16-15-7-5-6-8-17(15)28-21(16)25/h5-8,13-14,20,22,28,30-31H,9-12H2,1-4H3/t14-,20-,22+,24-,25-,26?,27+/m1/s1. The van der Waals surface area contributed by atoms with Crippen LogP contribution in [0.1, 0.15) is 58.2 Å². The third kappa shape index (κ3) is 1.98. The number of aromatic nitrogens is 1. The van der Waals surface area contributed by atoms with E-state index < -0.39 is 40.0 Å². The number of fused-ring (bicyclic) bond motifs is 9. The van der Waals surface area contributed by atoms with Crippen LogP contribution < -0.4 is 0 Å². The number of hydrogen-bond acceptors (Lipinski definition) is 5. The Bertz CT molecular complexity index is 1280. The van der Waals surface area contributed by atoms with Gasteiger partial charge in [0.2, 0.25) is 0 Å². The minimum Gasteiger partial charge on any atom is -0.390 e. The zero-order chi connectivity index (χ0) is 23.2. The van der Waals surface area contributed by atoms with Crippen LogP contribution in [-0.2, 0) is 26.1 Å². The normalized spacial score (nSPS) is 47.0. The van der Waals surface area contributed by atoms with E-state index in [0.717, 1.165) is 17.6 Å². The third-order valence-electron chi connectivity index (χ3n) is 10.3. The number of carbonyl (C=O) groups excluding carboxylic acids is 1. The quantitative estimate of drug-likeness (QED) is 0.574. The Kier molecular flexibility index (Phi) is 3.48. The fraction of sp³-hybridized carbons (Fsp3) is 0.593. The maximum absolute atomic E-state index is 13.1. The fourth-order valence-corrected chi connectivity index (χ4v) is 8.43. The van der Waals surface area contributed by atoms with E-state index in [4.69, 9.17) is 9.47 Å². The average molecular weight is 450 g/mol. The van der Waals surface area contributed by atoms with Crippen molar-refractivity contribution in [1.82, 2.24) is 4.98 Å². The zero-order valence-corrected chi connectivity index (χ0v) is 19.6. The summed E-state index contributed by atoms with van der Waals surface area (Å²) < 4.78 is 12.7. The Morgan fingerprint density at radius 3 is 2.67 bits per heavy atom. The lowest BCUT2D eigenvalue weighted by molar-refractivity contribution is -0.274. The number of para-hydroxylation sites is 1. The number of aliphatic hydroxyl groups excluding tert-OH is 1. The molecule has 5 aliphatic rings. The lowest BCUT2D eigenvalue weighted by atomic mass is 9.41. The van der Waals surface area contributed by atoms with E-state index in [1.807, 2.05) is 19.9 Å². The van der Waals surface area contributed by atoms with Crippen LogP contribution in [0.25, 0.3) is 10.9 Å². The first kappa shape index (κ1) is 20.4. The largest absolute Gasteiger partial charge is 0.390 e. The highest BCUT2D eigenvalue weighted by Crippen LogP contribution is 2.71. The van der Waals surface area contributed by atoms with Crippen LogP contribution in [0.4, 0.5) is 0 Å². The number of ether oxygens (including phenoxy) is 2. The molecule has 2 bridgehead atoms. The minimum atomic E-state index is -1.64. The molecule has 174 valence electrons. The highest BCUT2D eigenvalue weighted by atomic mass is 16.8. The molecule has 7 atom stereocenters. The Labute approximate surface area is 193 Å². The van der Waals surface area contributed by atoms with E-state index in [1.54, 1.807) is 0 Å². The third-order valence-corrected chi connectivity index (χ3v) is 10.3. The summed E-state index contributed by atoms with van der Waals surface area (Å²) in [5.74, 6) is -1.17. The Morgan fingerprint density at radius 1 is 1.12 bits per heavy atom. The van der Waals surface area contributed by atoms with Crippen molar-refractivity contribution in [2.45, 2.75) is 88.0 Å². The number of hydrogen-bond donors (Lipinski definition) is 3. The SMILES string of the molecule is CC1(C)OC23CC[C@]4(C)[C@@]5(C)c6[nH]c7ccccc7c6C[C@@H]5C[C@@H](O)[C@@]4(O)C2=CC(=O)[C@@H]1O3. The lowest BCUT2D eigenvalue weighted by Crippen LogP contribution is -2.74. The number of carbonyl (C=O) groups is 1. The molecule has 2 saturated carbocycles. The summed E-state index contributed by atoms with van der Waals surface area (Å²) in [6.07, 6.45) is 2.29. The van der Waals surface area contributed by atoms with Gasteiger partial charge in [-0.25, -0.2) is 0 Å². The van der Waals surface area contributed by atoms with Crippen molar-refractivity contribution in [1.29, 1.82) is 0 Å². The van der Waals surface area contributed by atoms with Gasteiger partial charge in [0, 0.05) is 39.4 Å². The molecule has 0 amide bonds. The molecule has 2 aromatic rings. The molecular weight excluding hydrogens is 418 g/mol. The number of aromatic amines is 1. The van der Waals surface area contributed by atoms with Crippen molar-refractivity contribution in [2.24, 2.45) is 11.3 Å². The van der Waals surface area contributed by atoms with Gasteiger partial charge in [-0.3, -0.25) is 4.79 Å². The summed E-state index contributed by atoms with van der Waals surface area (Å²) in [5.41, 5.74) is 0.397. The molecule has 33 heavy (non-hydrogen) atoms. The number of ketones is 1. The van der Waals surface area contributed by atoms with Gasteiger partial charge < -0.3 is 24.7 Å². The van der Waals surface area contributed by atoms with Crippen LogP contribution in [0.15, 0.2) is 35.9 Å². The molecule has 2 aliphatic heterocycles. The van der Waals surface area contributed by atoms with Crippen molar-refractivity contribution in [3.63, 3.8) is 0 Å². The molecule has 1 aromatic carbocycles. The Hall–Kier alpha value is -1.99. The molecular formula is C27H31NO5. The predicted octanol–water partition coefficient (Wildman–Crippen LogP) is 3.29. The second-order valence-electron chi connectivity index (χ2n) is 11.9. The predicted molar refractivity (Wildman–Crippen MR) is 122 cm³/mol. The molecule has 3 aliphatic carbocycles. The maximum atomic E-state index is 13.1. The summed E-state index contributed by atoms with van der Waals surface area (Å²) in [7, 11) is 0. The van der Waals surface area contributed by atoms with Crippen molar-refractivity contribution < 1.29 is 24.5 Å². The van der Waals surface area contributed by atoms with Gasteiger partial charge in [0.15, 0.2) is 17.7 Å². The monoisotopic (exact) mass is 449 g/mol. The van der Waals surface area contributed by atoms with Crippen LogP contribution in [0, 0.1) is 11.3 Å². The van der Waals surface area contributed by atoms with E-state index in [0.29, 0.717) is 24.8 Å². The molecule has 3 fully saturated rings. The molecule has 3 N–H and O–H groups in total. The van der Waals surface area contributed by atoms with E-state index in [2.05, 4.69) is 37.0 Å². The number of benzene rings is 1. The van der Waals surface area contributed by atoms with Gasteiger partial charge in [0.1, 0.15) is 11.2 Å². The molecule has 3 heterocycles. The molecule has 6 nitrogen and oxygen atoms in total. The Balaban J connectivity index is 1.46. The van der Waals surface area contributed by atoms with Crippen molar-refractivity contribution in [3.8, 4) is 0 Å². The van der Waals surface area contributed by atoms with E-state index in [-0.39, 0.29) is 11.7 Å². The molecule has 7 rings (SSSR count). The molecule has 6 heteroatoms. The highest BCUT2D eigenvalue weighted by Gasteiger charge is 2.77. The number of aliphatic hydroxyl groups is 2. The smallest absolute Gasteiger partial charge is 0.195 e. The van der Waals surface area contributed by atoms with Crippen molar-refractivity contribution in [3.05, 3.63) is 47.2 Å². The van der Waals surface area contributed by atoms with Gasteiger partial charge in [0.05, 0.1) is 6.10 Å². The van der Waals surface area contributed by atoms with E-state index in [9.17, 15) is 15.0 Å². The van der Waals surface area contributed by atoms with Gasteiger partial charge in [0.25, 0.3) is 0 Å². The summed E-state index contributed by atoms with van der Waals surface area (Å²) >= 11 is 0. The summed E-state index contributed by atoms with van der Waals surface area (Å²) in [4.78, 5) is 16.8. The Morgan fingerprint density at radius 2 is 1.88 bits per heavy atom. The highest BCUT2D eigenvalue weighted by molar-refractivity contribution is 5.97.